The Morgan fingerprint density at radius 2 is 1.86 bits per heavy atom. The minimum absolute atomic E-state index is 0.0443. The van der Waals surface area contributed by atoms with Crippen molar-refractivity contribution in [1.82, 2.24) is 0 Å². The number of rotatable bonds is 4. The average molecular weight is 311 g/mol. The zero-order valence-corrected chi connectivity index (χ0v) is 14.6. The number of ether oxygens (including phenoxy) is 3. The first-order valence-electron chi connectivity index (χ1n) is 7.87. The van der Waals surface area contributed by atoms with Crippen LogP contribution in [0.15, 0.2) is 18.2 Å². The normalized spacial score (nSPS) is 12.6. The predicted molar refractivity (Wildman–Crippen MR) is 90.0 cm³/mol. The van der Waals surface area contributed by atoms with Gasteiger partial charge in [-0.05, 0) is 12.1 Å². The van der Waals surface area contributed by atoms with E-state index >= 15 is 0 Å². The molecule has 1 aliphatic rings. The predicted octanol–water partition coefficient (Wildman–Crippen LogP) is 3.51. The highest BCUT2D eigenvalue weighted by atomic mass is 16.5. The van der Waals surface area contributed by atoms with E-state index in [0.717, 1.165) is 5.69 Å². The third-order valence-electron chi connectivity index (χ3n) is 2.80. The molecule has 1 aromatic rings. The molecule has 0 spiro atoms. The third kappa shape index (κ3) is 5.93. The number of benzene rings is 1. The van der Waals surface area contributed by atoms with Crippen molar-refractivity contribution in [1.29, 1.82) is 0 Å². The lowest BCUT2D eigenvalue weighted by atomic mass is 10.2. The number of anilines is 1. The SMILES string of the molecule is CC.CC.COCCOc1ccc2c(c1)N(C)C(=O)CCO2. The van der Waals surface area contributed by atoms with Gasteiger partial charge in [-0.1, -0.05) is 27.7 Å². The molecular formula is C17H29NO4. The van der Waals surface area contributed by atoms with Crippen LogP contribution in [0.1, 0.15) is 34.1 Å². The Hall–Kier alpha value is -1.75. The van der Waals surface area contributed by atoms with Crippen LogP contribution in [0.25, 0.3) is 0 Å². The van der Waals surface area contributed by atoms with E-state index in [0.29, 0.717) is 37.7 Å². The second kappa shape index (κ2) is 11.9. The zero-order chi connectivity index (χ0) is 17.0. The summed E-state index contributed by atoms with van der Waals surface area (Å²) in [6.45, 7) is 9.43. The maximum absolute atomic E-state index is 11.7. The van der Waals surface area contributed by atoms with Gasteiger partial charge in [-0.3, -0.25) is 4.79 Å². The Balaban J connectivity index is 0.00000102. The van der Waals surface area contributed by atoms with Crippen molar-refractivity contribution in [2.45, 2.75) is 34.1 Å². The number of carbonyl (C=O) groups excluding carboxylic acids is 1. The molecule has 126 valence electrons. The first-order valence-corrected chi connectivity index (χ1v) is 7.87. The van der Waals surface area contributed by atoms with E-state index in [1.54, 1.807) is 19.1 Å². The van der Waals surface area contributed by atoms with E-state index in [4.69, 9.17) is 14.2 Å². The van der Waals surface area contributed by atoms with Crippen LogP contribution >= 0.6 is 0 Å². The van der Waals surface area contributed by atoms with Gasteiger partial charge < -0.3 is 19.1 Å². The van der Waals surface area contributed by atoms with Crippen LogP contribution in [0.5, 0.6) is 11.5 Å². The fourth-order valence-electron chi connectivity index (χ4n) is 1.76. The first kappa shape index (κ1) is 20.2. The zero-order valence-electron chi connectivity index (χ0n) is 14.6. The summed E-state index contributed by atoms with van der Waals surface area (Å²) in [6, 6.07) is 5.47. The van der Waals surface area contributed by atoms with Gasteiger partial charge in [-0.15, -0.1) is 0 Å². The van der Waals surface area contributed by atoms with Crippen LogP contribution in [0, 0.1) is 0 Å². The first-order chi connectivity index (χ1) is 10.7. The molecule has 1 amide bonds. The Morgan fingerprint density at radius 3 is 2.50 bits per heavy atom. The molecule has 5 nitrogen and oxygen atoms in total. The van der Waals surface area contributed by atoms with E-state index in [1.165, 1.54) is 0 Å². The van der Waals surface area contributed by atoms with Crippen LogP contribution in [0.2, 0.25) is 0 Å². The summed E-state index contributed by atoms with van der Waals surface area (Å²) in [6.07, 6.45) is 0.394. The Kier molecular flexibility index (Phi) is 10.9. The van der Waals surface area contributed by atoms with Crippen molar-refractivity contribution in [3.05, 3.63) is 18.2 Å². The van der Waals surface area contributed by atoms with E-state index in [1.807, 2.05) is 45.9 Å². The lowest BCUT2D eigenvalue weighted by Crippen LogP contribution is -2.25. The molecule has 0 atom stereocenters. The summed E-state index contributed by atoms with van der Waals surface area (Å²) >= 11 is 0. The number of carbonyl (C=O) groups is 1. The second-order valence-corrected chi connectivity index (χ2v) is 4.02. The van der Waals surface area contributed by atoms with Gasteiger partial charge in [-0.2, -0.15) is 0 Å². The monoisotopic (exact) mass is 311 g/mol. The molecule has 0 aliphatic carbocycles. The molecule has 0 fully saturated rings. The number of methoxy groups -OCH3 is 1. The molecule has 5 heteroatoms. The Bertz CT molecular complexity index is 435. The van der Waals surface area contributed by atoms with Crippen molar-refractivity contribution < 1.29 is 19.0 Å². The van der Waals surface area contributed by atoms with Crippen LogP contribution in [0.3, 0.4) is 0 Å². The van der Waals surface area contributed by atoms with Gasteiger partial charge in [-0.25, -0.2) is 0 Å². The maximum atomic E-state index is 11.7. The summed E-state index contributed by atoms with van der Waals surface area (Å²) in [5, 5.41) is 0. The molecule has 0 radical (unpaired) electrons. The molecule has 1 aromatic carbocycles. The molecule has 0 saturated carbocycles. The Morgan fingerprint density at radius 1 is 1.18 bits per heavy atom. The van der Waals surface area contributed by atoms with Crippen molar-refractivity contribution in [3.8, 4) is 11.5 Å². The number of nitrogens with zero attached hydrogens (tertiary/aromatic N) is 1. The lowest BCUT2D eigenvalue weighted by Gasteiger charge is -2.17. The highest BCUT2D eigenvalue weighted by molar-refractivity contribution is 5.95. The molecule has 2 rings (SSSR count). The Labute approximate surface area is 134 Å². The van der Waals surface area contributed by atoms with Gasteiger partial charge in [0.25, 0.3) is 0 Å². The topological polar surface area (TPSA) is 48.0 Å². The summed E-state index contributed by atoms with van der Waals surface area (Å²) in [5.41, 5.74) is 0.743. The summed E-state index contributed by atoms with van der Waals surface area (Å²) < 4.78 is 16.0. The number of hydrogen-bond acceptors (Lipinski definition) is 4. The molecule has 1 heterocycles. The molecule has 0 aromatic heterocycles. The maximum Gasteiger partial charge on any atom is 0.230 e. The molecule has 0 N–H and O–H groups in total. The smallest absolute Gasteiger partial charge is 0.230 e. The number of amides is 1. The molecule has 0 saturated heterocycles. The number of hydrogen-bond donors (Lipinski definition) is 0. The lowest BCUT2D eigenvalue weighted by molar-refractivity contribution is -0.118. The third-order valence-corrected chi connectivity index (χ3v) is 2.80. The highest BCUT2D eigenvalue weighted by Gasteiger charge is 2.20. The molecule has 22 heavy (non-hydrogen) atoms. The fraction of sp³-hybridized carbons (Fsp3) is 0.588. The molecule has 1 aliphatic heterocycles. The van der Waals surface area contributed by atoms with Crippen LogP contribution in [-0.4, -0.2) is 39.9 Å². The molecular weight excluding hydrogens is 282 g/mol. The van der Waals surface area contributed by atoms with E-state index in [2.05, 4.69) is 0 Å². The summed E-state index contributed by atoms with van der Waals surface area (Å²) in [4.78, 5) is 13.3. The standard InChI is InChI=1S/C13H17NO4.2C2H6/c1-14-11-9-10(17-8-7-16-2)3-4-12(11)18-6-5-13(14)15;2*1-2/h3-4,9H,5-8H2,1-2H3;2*1-2H3. The summed E-state index contributed by atoms with van der Waals surface area (Å²) in [7, 11) is 3.37. The largest absolute Gasteiger partial charge is 0.491 e. The fourth-order valence-corrected chi connectivity index (χ4v) is 1.76. The van der Waals surface area contributed by atoms with Gasteiger partial charge in [0.15, 0.2) is 0 Å². The van der Waals surface area contributed by atoms with Gasteiger partial charge in [0.05, 0.1) is 25.3 Å². The van der Waals surface area contributed by atoms with Gasteiger partial charge >= 0.3 is 0 Å². The van der Waals surface area contributed by atoms with E-state index in [-0.39, 0.29) is 5.91 Å². The second-order valence-electron chi connectivity index (χ2n) is 4.02. The highest BCUT2D eigenvalue weighted by Crippen LogP contribution is 2.33. The van der Waals surface area contributed by atoms with Crippen molar-refractivity contribution >= 4 is 11.6 Å². The van der Waals surface area contributed by atoms with Crippen molar-refractivity contribution in [3.63, 3.8) is 0 Å². The quantitative estimate of drug-likeness (QED) is 0.798. The number of fused-ring (bicyclic) bond motifs is 1. The molecule has 0 unspecified atom stereocenters. The van der Waals surface area contributed by atoms with Gasteiger partial charge in [0.1, 0.15) is 18.1 Å². The van der Waals surface area contributed by atoms with Crippen LogP contribution < -0.4 is 14.4 Å². The minimum atomic E-state index is 0.0443. The van der Waals surface area contributed by atoms with Gasteiger partial charge in [0, 0.05) is 20.2 Å². The minimum Gasteiger partial charge on any atom is -0.491 e. The van der Waals surface area contributed by atoms with Crippen LogP contribution in [0.4, 0.5) is 5.69 Å². The van der Waals surface area contributed by atoms with Gasteiger partial charge in [0.2, 0.25) is 5.91 Å². The molecule has 0 bridgehead atoms. The van der Waals surface area contributed by atoms with Crippen molar-refractivity contribution in [2.24, 2.45) is 0 Å². The van der Waals surface area contributed by atoms with E-state index in [9.17, 15) is 4.79 Å². The van der Waals surface area contributed by atoms with E-state index < -0.39 is 0 Å². The summed E-state index contributed by atoms with van der Waals surface area (Å²) in [5.74, 6) is 1.46. The van der Waals surface area contributed by atoms with Crippen LogP contribution in [-0.2, 0) is 9.53 Å². The average Bonchev–Trinajstić information content (AvgIpc) is 2.71. The van der Waals surface area contributed by atoms with Crippen molar-refractivity contribution in [2.75, 3.05) is 38.9 Å².